The number of carbonyl (C=O) groups excluding carboxylic acids is 4. The van der Waals surface area contributed by atoms with Gasteiger partial charge in [-0.2, -0.15) is 0 Å². The maximum atomic E-state index is 12.4. The number of hydrogen-bond acceptors (Lipinski definition) is 5. The monoisotopic (exact) mass is 436 g/mol. The zero-order chi connectivity index (χ0) is 23.1. The Bertz CT molecular complexity index is 1010. The summed E-state index contributed by atoms with van der Waals surface area (Å²) in [5, 5.41) is 2.71. The van der Waals surface area contributed by atoms with Crippen LogP contribution in [0, 0.1) is 6.92 Å². The second-order valence-corrected chi connectivity index (χ2v) is 8.08. The van der Waals surface area contributed by atoms with Crippen LogP contribution in [0.3, 0.4) is 0 Å². The number of benzene rings is 2. The Morgan fingerprint density at radius 3 is 2.44 bits per heavy atom. The molecule has 1 aliphatic rings. The molecule has 2 amide bonds. The number of hydrogen-bond donors (Lipinski definition) is 1. The minimum Gasteiger partial charge on any atom is -0.456 e. The van der Waals surface area contributed by atoms with Crippen LogP contribution < -0.4 is 5.32 Å². The minimum atomic E-state index is -0.620. The lowest BCUT2D eigenvalue weighted by Gasteiger charge is -2.16. The van der Waals surface area contributed by atoms with Crippen molar-refractivity contribution in [3.63, 3.8) is 0 Å². The van der Waals surface area contributed by atoms with Crippen molar-refractivity contribution in [2.24, 2.45) is 0 Å². The number of nitrogens with zero attached hydrogens (tertiary/aromatic N) is 1. The van der Waals surface area contributed by atoms with E-state index in [0.29, 0.717) is 11.3 Å². The molecule has 168 valence electrons. The molecule has 1 N–H and O–H groups in total. The molecule has 7 heteroatoms. The smallest absolute Gasteiger partial charge is 0.306 e. The van der Waals surface area contributed by atoms with Crippen LogP contribution in [0.25, 0.3) is 0 Å². The number of aryl methyl sites for hydroxylation is 3. The highest BCUT2D eigenvalue weighted by Gasteiger charge is 2.18. The maximum Gasteiger partial charge on any atom is 0.306 e. The first kappa shape index (κ1) is 23.2. The van der Waals surface area contributed by atoms with E-state index in [-0.39, 0.29) is 31.1 Å². The van der Waals surface area contributed by atoms with E-state index < -0.39 is 18.5 Å². The molecule has 0 bridgehead atoms. The van der Waals surface area contributed by atoms with Gasteiger partial charge in [0.25, 0.3) is 5.91 Å². The van der Waals surface area contributed by atoms with E-state index in [4.69, 9.17) is 4.74 Å². The summed E-state index contributed by atoms with van der Waals surface area (Å²) in [6.07, 6.45) is 3.07. The minimum absolute atomic E-state index is 0.0284. The van der Waals surface area contributed by atoms with Crippen LogP contribution in [0.2, 0.25) is 0 Å². The maximum absolute atomic E-state index is 12.4. The molecule has 32 heavy (non-hydrogen) atoms. The number of likely N-dealkylation sites (N-methyl/N-ethyl adjacent to an activating group) is 1. The molecule has 0 radical (unpaired) electrons. The molecule has 0 aliphatic heterocycles. The predicted octanol–water partition coefficient (Wildman–Crippen LogP) is 3.09. The number of ketones is 1. The van der Waals surface area contributed by atoms with Gasteiger partial charge in [0.2, 0.25) is 5.91 Å². The van der Waals surface area contributed by atoms with Crippen LogP contribution in [0.5, 0.6) is 0 Å². The summed E-state index contributed by atoms with van der Waals surface area (Å²) in [6, 6.07) is 13.0. The molecule has 7 nitrogen and oxygen atoms in total. The number of rotatable bonds is 9. The van der Waals surface area contributed by atoms with Crippen molar-refractivity contribution in [3.05, 3.63) is 64.7 Å². The van der Waals surface area contributed by atoms with Gasteiger partial charge in [0.15, 0.2) is 12.4 Å². The fraction of sp³-hybridized carbons (Fsp3) is 0.360. The lowest BCUT2D eigenvalue weighted by molar-refractivity contribution is -0.151. The molecule has 0 aromatic heterocycles. The fourth-order valence-corrected chi connectivity index (χ4v) is 3.57. The Morgan fingerprint density at radius 2 is 1.69 bits per heavy atom. The van der Waals surface area contributed by atoms with Gasteiger partial charge in [0.1, 0.15) is 0 Å². The van der Waals surface area contributed by atoms with Gasteiger partial charge in [-0.05, 0) is 55.5 Å². The van der Waals surface area contributed by atoms with E-state index in [2.05, 4.69) is 5.32 Å². The van der Waals surface area contributed by atoms with E-state index in [1.54, 1.807) is 18.2 Å². The largest absolute Gasteiger partial charge is 0.456 e. The van der Waals surface area contributed by atoms with Crippen LogP contribution in [0.4, 0.5) is 5.69 Å². The molecular formula is C25H28N2O5. The molecule has 3 rings (SSSR count). The summed E-state index contributed by atoms with van der Waals surface area (Å²) in [5.41, 5.74) is 4.82. The number of anilines is 1. The highest BCUT2D eigenvalue weighted by molar-refractivity contribution is 5.98. The number of esters is 1. The van der Waals surface area contributed by atoms with Gasteiger partial charge in [0.05, 0.1) is 13.0 Å². The highest BCUT2D eigenvalue weighted by Crippen LogP contribution is 2.23. The lowest BCUT2D eigenvalue weighted by Crippen LogP contribution is -2.37. The van der Waals surface area contributed by atoms with E-state index in [0.717, 1.165) is 24.8 Å². The van der Waals surface area contributed by atoms with E-state index in [1.165, 1.54) is 23.1 Å². The van der Waals surface area contributed by atoms with Gasteiger partial charge >= 0.3 is 5.97 Å². The molecule has 2 aromatic carbocycles. The van der Waals surface area contributed by atoms with Crippen LogP contribution in [-0.4, -0.2) is 48.7 Å². The van der Waals surface area contributed by atoms with E-state index >= 15 is 0 Å². The van der Waals surface area contributed by atoms with Crippen molar-refractivity contribution in [3.8, 4) is 0 Å². The molecule has 0 atom stereocenters. The van der Waals surface area contributed by atoms with Gasteiger partial charge in [-0.1, -0.05) is 29.8 Å². The molecular weight excluding hydrogens is 408 g/mol. The molecule has 0 spiro atoms. The van der Waals surface area contributed by atoms with Gasteiger partial charge in [0, 0.05) is 24.7 Å². The third-order valence-corrected chi connectivity index (χ3v) is 5.48. The first-order chi connectivity index (χ1) is 15.3. The summed E-state index contributed by atoms with van der Waals surface area (Å²) in [7, 11) is 1.46. The van der Waals surface area contributed by atoms with Crippen LogP contribution in [0.1, 0.15) is 46.3 Å². The zero-order valence-electron chi connectivity index (χ0n) is 18.5. The molecule has 1 aliphatic carbocycles. The average Bonchev–Trinajstić information content (AvgIpc) is 3.25. The van der Waals surface area contributed by atoms with Crippen LogP contribution in [0.15, 0.2) is 42.5 Å². The van der Waals surface area contributed by atoms with Gasteiger partial charge < -0.3 is 15.0 Å². The first-order valence-corrected chi connectivity index (χ1v) is 10.7. The third-order valence-electron chi connectivity index (χ3n) is 5.48. The van der Waals surface area contributed by atoms with Crippen molar-refractivity contribution < 1.29 is 23.9 Å². The Kier molecular flexibility index (Phi) is 7.76. The van der Waals surface area contributed by atoms with Crippen molar-refractivity contribution in [1.29, 1.82) is 0 Å². The van der Waals surface area contributed by atoms with Gasteiger partial charge in [-0.25, -0.2) is 0 Å². The number of nitrogens with one attached hydrogen (secondary N) is 1. The molecule has 2 aromatic rings. The topological polar surface area (TPSA) is 92.8 Å². The normalized spacial score (nSPS) is 12.1. The Morgan fingerprint density at radius 1 is 0.969 bits per heavy atom. The van der Waals surface area contributed by atoms with Crippen molar-refractivity contribution >= 4 is 29.3 Å². The summed E-state index contributed by atoms with van der Waals surface area (Å²) in [6.45, 7) is 1.31. The molecule has 0 saturated carbocycles. The third kappa shape index (κ3) is 6.51. The SMILES string of the molecule is Cc1ccc(NC(=O)CN(C)C(=O)COC(=O)CCC(=O)c2ccc3c(c2)CCC3)cc1. The summed E-state index contributed by atoms with van der Waals surface area (Å²) < 4.78 is 4.98. The van der Waals surface area contributed by atoms with Crippen molar-refractivity contribution in [2.75, 3.05) is 25.5 Å². The lowest BCUT2D eigenvalue weighted by atomic mass is 10.0. The van der Waals surface area contributed by atoms with Gasteiger partial charge in [-0.3, -0.25) is 19.2 Å². The highest BCUT2D eigenvalue weighted by atomic mass is 16.5. The van der Waals surface area contributed by atoms with Crippen molar-refractivity contribution in [1.82, 2.24) is 4.90 Å². The molecule has 0 heterocycles. The second-order valence-electron chi connectivity index (χ2n) is 8.08. The van der Waals surface area contributed by atoms with Gasteiger partial charge in [-0.15, -0.1) is 0 Å². The zero-order valence-corrected chi connectivity index (χ0v) is 18.5. The molecule has 0 unspecified atom stereocenters. The molecule has 0 saturated heterocycles. The Labute approximate surface area is 187 Å². The standard InChI is InChI=1S/C25H28N2O5/c1-17-6-10-21(11-7-17)26-23(29)15-27(2)24(30)16-32-25(31)13-12-22(28)20-9-8-18-4-3-5-19(18)14-20/h6-11,14H,3-5,12-13,15-16H2,1-2H3,(H,26,29). The van der Waals surface area contributed by atoms with E-state index in [1.807, 2.05) is 31.2 Å². The Hall–Kier alpha value is -3.48. The summed E-state index contributed by atoms with van der Waals surface area (Å²) in [5.74, 6) is -1.59. The average molecular weight is 437 g/mol. The summed E-state index contributed by atoms with van der Waals surface area (Å²) >= 11 is 0. The number of fused-ring (bicyclic) bond motifs is 1. The Balaban J connectivity index is 1.37. The van der Waals surface area contributed by atoms with E-state index in [9.17, 15) is 19.2 Å². The quantitative estimate of drug-likeness (QED) is 0.482. The van der Waals surface area contributed by atoms with Crippen molar-refractivity contribution in [2.45, 2.75) is 39.0 Å². The first-order valence-electron chi connectivity index (χ1n) is 10.7. The number of carbonyl (C=O) groups is 4. The number of ether oxygens (including phenoxy) is 1. The summed E-state index contributed by atoms with van der Waals surface area (Å²) in [4.78, 5) is 49.7. The number of amides is 2. The molecule has 0 fully saturated rings. The number of Topliss-reactive ketones (excluding diaryl/α,β-unsaturated/α-hetero) is 1. The fourth-order valence-electron chi connectivity index (χ4n) is 3.57. The van der Waals surface area contributed by atoms with Crippen LogP contribution in [-0.2, 0) is 32.0 Å². The second kappa shape index (κ2) is 10.7. The predicted molar refractivity (Wildman–Crippen MR) is 120 cm³/mol. The van der Waals surface area contributed by atoms with Crippen LogP contribution >= 0.6 is 0 Å².